The van der Waals surface area contributed by atoms with Crippen LogP contribution in [0, 0.1) is 0 Å². The molecule has 0 aliphatic rings. The van der Waals surface area contributed by atoms with Gasteiger partial charge in [-0.3, -0.25) is 0 Å². The average Bonchev–Trinajstić information content (AvgIpc) is 2.32. The zero-order valence-corrected chi connectivity index (χ0v) is 10.5. The Morgan fingerprint density at radius 3 is 2.59 bits per heavy atom. The van der Waals surface area contributed by atoms with Gasteiger partial charge in [0, 0.05) is 16.3 Å². The standard InChI is InChI=1S/C13H11Cl2NO/c14-10-5-6-12(16)9(7-10)8-17-13-4-2-1-3-11(13)15/h1-7H,8,16H2. The number of benzene rings is 2. The molecule has 0 saturated carbocycles. The van der Waals surface area contributed by atoms with Gasteiger partial charge < -0.3 is 10.5 Å². The molecule has 0 aromatic heterocycles. The predicted octanol–water partition coefficient (Wildman–Crippen LogP) is 4.15. The number of para-hydroxylation sites is 1. The van der Waals surface area contributed by atoms with E-state index in [-0.39, 0.29) is 0 Å². The Kier molecular flexibility index (Phi) is 3.77. The summed E-state index contributed by atoms with van der Waals surface area (Å²) in [4.78, 5) is 0. The molecule has 0 unspecified atom stereocenters. The number of hydrogen-bond donors (Lipinski definition) is 1. The maximum absolute atomic E-state index is 5.98. The summed E-state index contributed by atoms with van der Waals surface area (Å²) in [5, 5.41) is 1.21. The van der Waals surface area contributed by atoms with Gasteiger partial charge in [0.2, 0.25) is 0 Å². The minimum atomic E-state index is 0.343. The summed E-state index contributed by atoms with van der Waals surface area (Å²) in [7, 11) is 0. The van der Waals surface area contributed by atoms with Gasteiger partial charge in [-0.2, -0.15) is 0 Å². The van der Waals surface area contributed by atoms with Crippen molar-refractivity contribution in [2.24, 2.45) is 0 Å². The molecule has 2 aromatic rings. The lowest BCUT2D eigenvalue weighted by Crippen LogP contribution is -2.00. The summed E-state index contributed by atoms with van der Waals surface area (Å²) in [6.07, 6.45) is 0. The Bertz CT molecular complexity index is 529. The van der Waals surface area contributed by atoms with E-state index in [1.165, 1.54) is 0 Å². The highest BCUT2D eigenvalue weighted by atomic mass is 35.5. The molecule has 0 heterocycles. The number of halogens is 2. The lowest BCUT2D eigenvalue weighted by Gasteiger charge is -2.10. The first-order chi connectivity index (χ1) is 8.16. The van der Waals surface area contributed by atoms with Gasteiger partial charge >= 0.3 is 0 Å². The topological polar surface area (TPSA) is 35.2 Å². The number of rotatable bonds is 3. The van der Waals surface area contributed by atoms with Crippen molar-refractivity contribution in [1.82, 2.24) is 0 Å². The number of anilines is 1. The zero-order valence-electron chi connectivity index (χ0n) is 8.99. The molecule has 0 spiro atoms. The van der Waals surface area contributed by atoms with Crippen molar-refractivity contribution >= 4 is 28.9 Å². The second-order valence-electron chi connectivity index (χ2n) is 3.56. The highest BCUT2D eigenvalue weighted by molar-refractivity contribution is 6.32. The van der Waals surface area contributed by atoms with E-state index in [4.69, 9.17) is 33.7 Å². The minimum Gasteiger partial charge on any atom is -0.487 e. The molecule has 0 atom stereocenters. The van der Waals surface area contributed by atoms with Crippen molar-refractivity contribution in [3.05, 3.63) is 58.1 Å². The molecule has 0 amide bonds. The molecule has 0 fully saturated rings. The summed E-state index contributed by atoms with van der Waals surface area (Å²) >= 11 is 11.9. The van der Waals surface area contributed by atoms with Crippen LogP contribution < -0.4 is 10.5 Å². The first kappa shape index (κ1) is 12.1. The van der Waals surface area contributed by atoms with Crippen molar-refractivity contribution in [3.63, 3.8) is 0 Å². The maximum Gasteiger partial charge on any atom is 0.138 e. The molecule has 17 heavy (non-hydrogen) atoms. The summed E-state index contributed by atoms with van der Waals surface area (Å²) in [5.74, 6) is 0.633. The van der Waals surface area contributed by atoms with Crippen molar-refractivity contribution < 1.29 is 4.74 Å². The summed E-state index contributed by atoms with van der Waals surface area (Å²) < 4.78 is 5.59. The Balaban J connectivity index is 2.12. The third-order valence-electron chi connectivity index (χ3n) is 2.32. The van der Waals surface area contributed by atoms with Crippen LogP contribution in [-0.4, -0.2) is 0 Å². The van der Waals surface area contributed by atoms with Crippen molar-refractivity contribution in [2.45, 2.75) is 6.61 Å². The second-order valence-corrected chi connectivity index (χ2v) is 4.41. The molecule has 0 aliphatic heterocycles. The van der Waals surface area contributed by atoms with Crippen molar-refractivity contribution in [3.8, 4) is 5.75 Å². The largest absolute Gasteiger partial charge is 0.487 e. The monoisotopic (exact) mass is 267 g/mol. The van der Waals surface area contributed by atoms with E-state index in [0.29, 0.717) is 28.1 Å². The average molecular weight is 268 g/mol. The summed E-state index contributed by atoms with van der Waals surface area (Å²) in [6, 6.07) is 12.6. The smallest absolute Gasteiger partial charge is 0.138 e. The molecular weight excluding hydrogens is 257 g/mol. The van der Waals surface area contributed by atoms with E-state index >= 15 is 0 Å². The molecule has 2 nitrogen and oxygen atoms in total. The maximum atomic E-state index is 5.98. The van der Waals surface area contributed by atoms with E-state index in [1.54, 1.807) is 24.3 Å². The van der Waals surface area contributed by atoms with E-state index < -0.39 is 0 Å². The van der Waals surface area contributed by atoms with Gasteiger partial charge in [0.25, 0.3) is 0 Å². The molecule has 2 aromatic carbocycles. The van der Waals surface area contributed by atoms with Gasteiger partial charge in [0.15, 0.2) is 0 Å². The fraction of sp³-hybridized carbons (Fsp3) is 0.0769. The lowest BCUT2D eigenvalue weighted by atomic mass is 10.2. The van der Waals surface area contributed by atoms with Gasteiger partial charge in [0.05, 0.1) is 5.02 Å². The lowest BCUT2D eigenvalue weighted by molar-refractivity contribution is 0.307. The predicted molar refractivity (Wildman–Crippen MR) is 71.6 cm³/mol. The van der Waals surface area contributed by atoms with E-state index in [1.807, 2.05) is 18.2 Å². The van der Waals surface area contributed by atoms with Gasteiger partial charge in [0.1, 0.15) is 12.4 Å². The summed E-state index contributed by atoms with van der Waals surface area (Å²) in [6.45, 7) is 0.343. The Labute approximate surface area is 110 Å². The molecule has 2 N–H and O–H groups in total. The highest BCUT2D eigenvalue weighted by Crippen LogP contribution is 2.25. The molecule has 2 rings (SSSR count). The number of nitrogens with two attached hydrogens (primary N) is 1. The van der Waals surface area contributed by atoms with Crippen LogP contribution in [0.1, 0.15) is 5.56 Å². The van der Waals surface area contributed by atoms with Crippen molar-refractivity contribution in [2.75, 3.05) is 5.73 Å². The van der Waals surface area contributed by atoms with Crippen LogP contribution in [0.25, 0.3) is 0 Å². The van der Waals surface area contributed by atoms with Crippen molar-refractivity contribution in [1.29, 1.82) is 0 Å². The summed E-state index contributed by atoms with van der Waals surface area (Å²) in [5.41, 5.74) is 7.32. The fourth-order valence-electron chi connectivity index (χ4n) is 1.42. The van der Waals surface area contributed by atoms with Crippen LogP contribution in [-0.2, 0) is 6.61 Å². The zero-order chi connectivity index (χ0) is 12.3. The molecular formula is C13H11Cl2NO. The van der Waals surface area contributed by atoms with Crippen LogP contribution >= 0.6 is 23.2 Å². The highest BCUT2D eigenvalue weighted by Gasteiger charge is 2.04. The van der Waals surface area contributed by atoms with Gasteiger partial charge in [-0.1, -0.05) is 35.3 Å². The SMILES string of the molecule is Nc1ccc(Cl)cc1COc1ccccc1Cl. The second kappa shape index (κ2) is 5.30. The number of nitrogen functional groups attached to an aromatic ring is 1. The third kappa shape index (κ3) is 3.05. The number of hydrogen-bond acceptors (Lipinski definition) is 2. The van der Waals surface area contributed by atoms with E-state index in [0.717, 1.165) is 5.56 Å². The van der Waals surface area contributed by atoms with Gasteiger partial charge in [-0.05, 0) is 30.3 Å². The molecule has 4 heteroatoms. The van der Waals surface area contributed by atoms with Crippen LogP contribution in [0.5, 0.6) is 5.75 Å². The first-order valence-electron chi connectivity index (χ1n) is 5.08. The van der Waals surface area contributed by atoms with Gasteiger partial charge in [-0.15, -0.1) is 0 Å². The van der Waals surface area contributed by atoms with Crippen LogP contribution in [0.15, 0.2) is 42.5 Å². The van der Waals surface area contributed by atoms with E-state index in [2.05, 4.69) is 0 Å². The first-order valence-corrected chi connectivity index (χ1v) is 5.83. The Hall–Kier alpha value is -1.38. The molecule has 0 saturated heterocycles. The molecule has 0 radical (unpaired) electrons. The quantitative estimate of drug-likeness (QED) is 0.848. The van der Waals surface area contributed by atoms with Gasteiger partial charge in [-0.25, -0.2) is 0 Å². The van der Waals surface area contributed by atoms with E-state index in [9.17, 15) is 0 Å². The fourth-order valence-corrected chi connectivity index (χ4v) is 1.80. The normalized spacial score (nSPS) is 10.2. The number of ether oxygens (including phenoxy) is 1. The Morgan fingerprint density at radius 1 is 1.06 bits per heavy atom. The molecule has 0 aliphatic carbocycles. The Morgan fingerprint density at radius 2 is 1.82 bits per heavy atom. The third-order valence-corrected chi connectivity index (χ3v) is 2.87. The molecule has 0 bridgehead atoms. The van der Waals surface area contributed by atoms with Crippen LogP contribution in [0.4, 0.5) is 5.69 Å². The van der Waals surface area contributed by atoms with Crippen LogP contribution in [0.2, 0.25) is 10.0 Å². The molecule has 88 valence electrons. The minimum absolute atomic E-state index is 0.343. The van der Waals surface area contributed by atoms with Crippen LogP contribution in [0.3, 0.4) is 0 Å².